The first-order chi connectivity index (χ1) is 12.7. The van der Waals surface area contributed by atoms with Crippen LogP contribution < -0.4 is 5.48 Å². The number of nitrogens with zero attached hydrogens (tertiary/aromatic N) is 3. The molecule has 154 valence electrons. The Labute approximate surface area is 153 Å². The molecule has 6 atom stereocenters. The van der Waals surface area contributed by atoms with Gasteiger partial charge in [-0.05, 0) is 6.92 Å². The molecular formula is C12H21N4O10P. The largest absolute Gasteiger partial charge is 0.493 e. The predicted molar refractivity (Wildman–Crippen MR) is 83.7 cm³/mol. The number of phosphoric acid groups is 1. The highest BCUT2D eigenvalue weighted by atomic mass is 31.2. The number of amides is 1. The van der Waals surface area contributed by atoms with Crippen molar-refractivity contribution in [1.82, 2.24) is 20.5 Å². The molecule has 0 aliphatic carbocycles. The Morgan fingerprint density at radius 1 is 1.37 bits per heavy atom. The summed E-state index contributed by atoms with van der Waals surface area (Å²) in [4.78, 5) is 21.1. The summed E-state index contributed by atoms with van der Waals surface area (Å²) in [5.41, 5.74) is 1.45. The Kier molecular flexibility index (Phi) is 7.39. The maximum atomic E-state index is 11.8. The Morgan fingerprint density at radius 3 is 2.70 bits per heavy atom. The van der Waals surface area contributed by atoms with Gasteiger partial charge in [-0.3, -0.25) is 9.32 Å². The second kappa shape index (κ2) is 9.14. The molecule has 2 heterocycles. The maximum absolute atomic E-state index is 11.8. The predicted octanol–water partition coefficient (Wildman–Crippen LogP) is -2.47. The monoisotopic (exact) mass is 412 g/mol. The van der Waals surface area contributed by atoms with E-state index in [1.54, 1.807) is 5.48 Å². The van der Waals surface area contributed by atoms with Crippen LogP contribution in [0.2, 0.25) is 0 Å². The summed E-state index contributed by atoms with van der Waals surface area (Å²) >= 11 is 0. The SMILES string of the molecule is CCOP(=O)(O)ONC(=O)c1cn(C[C@H]2O[C@H](OC)[C@H](O)[C@@H](O)[C@@H]2O)nn1. The molecule has 27 heavy (non-hydrogen) atoms. The molecule has 14 nitrogen and oxygen atoms in total. The van der Waals surface area contributed by atoms with Gasteiger partial charge in [-0.15, -0.1) is 5.10 Å². The van der Waals surface area contributed by atoms with E-state index < -0.39 is 44.4 Å². The molecule has 0 aromatic carbocycles. The first kappa shape index (κ1) is 21.8. The van der Waals surface area contributed by atoms with Gasteiger partial charge in [0.2, 0.25) is 0 Å². The zero-order valence-electron chi connectivity index (χ0n) is 14.4. The van der Waals surface area contributed by atoms with Gasteiger partial charge >= 0.3 is 7.82 Å². The molecule has 1 unspecified atom stereocenters. The third-order valence-corrected chi connectivity index (χ3v) is 4.49. The minimum Gasteiger partial charge on any atom is -0.388 e. The molecule has 1 aromatic heterocycles. The quantitative estimate of drug-likeness (QED) is 0.223. The van der Waals surface area contributed by atoms with E-state index in [0.29, 0.717) is 0 Å². The summed E-state index contributed by atoms with van der Waals surface area (Å²) in [7, 11) is -3.17. The van der Waals surface area contributed by atoms with E-state index in [9.17, 15) is 29.6 Å². The van der Waals surface area contributed by atoms with Gasteiger partial charge in [-0.25, -0.2) is 14.7 Å². The molecule has 1 saturated heterocycles. The van der Waals surface area contributed by atoms with Crippen molar-refractivity contribution in [2.75, 3.05) is 13.7 Å². The maximum Gasteiger partial charge on any atom is 0.493 e. The average Bonchev–Trinajstić information content (AvgIpc) is 3.09. The molecule has 0 spiro atoms. The van der Waals surface area contributed by atoms with E-state index in [1.165, 1.54) is 14.0 Å². The molecule has 1 aromatic rings. The summed E-state index contributed by atoms with van der Waals surface area (Å²) in [6.07, 6.45) is -5.41. The molecule has 1 aliphatic heterocycles. The third kappa shape index (κ3) is 5.51. The van der Waals surface area contributed by atoms with Crippen LogP contribution in [0.3, 0.4) is 0 Å². The van der Waals surface area contributed by atoms with Crippen LogP contribution in [0.25, 0.3) is 0 Å². The van der Waals surface area contributed by atoms with Crippen LogP contribution in [0.15, 0.2) is 6.20 Å². The second-order valence-electron chi connectivity index (χ2n) is 5.49. The van der Waals surface area contributed by atoms with Gasteiger partial charge in [0.05, 0.1) is 19.3 Å². The Morgan fingerprint density at radius 2 is 2.07 bits per heavy atom. The number of rotatable bonds is 8. The van der Waals surface area contributed by atoms with Crippen molar-refractivity contribution in [2.24, 2.45) is 0 Å². The van der Waals surface area contributed by atoms with Crippen LogP contribution in [-0.4, -0.2) is 85.5 Å². The van der Waals surface area contributed by atoms with Gasteiger partial charge in [0.25, 0.3) is 5.91 Å². The number of methoxy groups -OCH3 is 1. The molecule has 0 radical (unpaired) electrons. The highest BCUT2D eigenvalue weighted by Gasteiger charge is 2.44. The number of ether oxygens (including phenoxy) is 2. The van der Waals surface area contributed by atoms with Crippen LogP contribution >= 0.6 is 7.82 Å². The minimum atomic E-state index is -4.43. The van der Waals surface area contributed by atoms with Crippen molar-refractivity contribution >= 4 is 13.7 Å². The van der Waals surface area contributed by atoms with Crippen molar-refractivity contribution in [3.05, 3.63) is 11.9 Å². The number of hydrogen-bond donors (Lipinski definition) is 5. The highest BCUT2D eigenvalue weighted by Crippen LogP contribution is 2.41. The zero-order valence-corrected chi connectivity index (χ0v) is 15.3. The lowest BCUT2D eigenvalue weighted by molar-refractivity contribution is -0.292. The number of carbonyl (C=O) groups excluding carboxylic acids is 1. The first-order valence-electron chi connectivity index (χ1n) is 7.77. The molecular weight excluding hydrogens is 391 g/mol. The lowest BCUT2D eigenvalue weighted by Crippen LogP contribution is -2.58. The lowest BCUT2D eigenvalue weighted by atomic mass is 9.99. The van der Waals surface area contributed by atoms with Crippen molar-refractivity contribution in [2.45, 2.75) is 44.2 Å². The summed E-state index contributed by atoms with van der Waals surface area (Å²) < 4.78 is 31.4. The number of aromatic nitrogens is 3. The van der Waals surface area contributed by atoms with Gasteiger partial charge in [0, 0.05) is 7.11 Å². The number of nitrogens with one attached hydrogen (secondary N) is 1. The van der Waals surface area contributed by atoms with Crippen LogP contribution in [-0.2, 0) is 29.7 Å². The van der Waals surface area contributed by atoms with E-state index >= 15 is 0 Å². The molecule has 15 heteroatoms. The number of carbonyl (C=O) groups is 1. The van der Waals surface area contributed by atoms with Gasteiger partial charge < -0.3 is 29.7 Å². The van der Waals surface area contributed by atoms with E-state index in [2.05, 4.69) is 19.5 Å². The molecule has 1 amide bonds. The van der Waals surface area contributed by atoms with Crippen molar-refractivity contribution in [1.29, 1.82) is 0 Å². The Bertz CT molecular complexity index is 685. The zero-order chi connectivity index (χ0) is 20.2. The molecule has 1 aliphatic rings. The summed E-state index contributed by atoms with van der Waals surface area (Å²) in [6, 6.07) is 0. The molecule has 2 rings (SSSR count). The molecule has 5 N–H and O–H groups in total. The smallest absolute Gasteiger partial charge is 0.388 e. The van der Waals surface area contributed by atoms with Gasteiger partial charge in [0.1, 0.15) is 24.4 Å². The number of phosphoric ester groups is 1. The number of hydroxylamine groups is 1. The number of aliphatic hydroxyl groups excluding tert-OH is 3. The average molecular weight is 412 g/mol. The number of aliphatic hydroxyl groups is 3. The van der Waals surface area contributed by atoms with E-state index in [0.717, 1.165) is 10.9 Å². The molecule has 1 fully saturated rings. The van der Waals surface area contributed by atoms with Crippen molar-refractivity contribution in [3.8, 4) is 0 Å². The fourth-order valence-electron chi connectivity index (χ4n) is 2.28. The second-order valence-corrected chi connectivity index (χ2v) is 6.86. The standard InChI is InChI=1S/C12H21N4O10P/c1-3-24-27(21,22)26-14-11(20)6-4-16(15-13-6)5-7-8(17)9(18)10(19)12(23-2)25-7/h4,7-10,12,17-19H,3,5H2,1-2H3,(H,14,20)(H,21,22)/t7-,8-,9+,10-,12+/m1/s1. The Balaban J connectivity index is 1.97. The van der Waals surface area contributed by atoms with Crippen LogP contribution in [0, 0.1) is 0 Å². The summed E-state index contributed by atoms with van der Waals surface area (Å²) in [5.74, 6) is -0.967. The van der Waals surface area contributed by atoms with Gasteiger partial charge in [-0.1, -0.05) is 5.21 Å². The van der Waals surface area contributed by atoms with Gasteiger partial charge in [-0.2, -0.15) is 4.62 Å². The Hall–Kier alpha value is -1.48. The third-order valence-electron chi connectivity index (χ3n) is 3.59. The summed E-state index contributed by atoms with van der Waals surface area (Å²) in [6.45, 7) is 1.22. The van der Waals surface area contributed by atoms with Crippen molar-refractivity contribution < 1.29 is 48.2 Å². The van der Waals surface area contributed by atoms with E-state index in [4.69, 9.17) is 9.47 Å². The molecule has 0 bridgehead atoms. The van der Waals surface area contributed by atoms with Gasteiger partial charge in [0.15, 0.2) is 12.0 Å². The van der Waals surface area contributed by atoms with Crippen LogP contribution in [0.5, 0.6) is 0 Å². The fraction of sp³-hybridized carbons (Fsp3) is 0.750. The topological polar surface area (TPSA) is 195 Å². The first-order valence-corrected chi connectivity index (χ1v) is 9.27. The fourth-order valence-corrected chi connectivity index (χ4v) is 2.86. The number of hydrogen-bond acceptors (Lipinski definition) is 11. The minimum absolute atomic E-state index is 0.105. The van der Waals surface area contributed by atoms with Crippen molar-refractivity contribution in [3.63, 3.8) is 0 Å². The molecule has 0 saturated carbocycles. The van der Waals surface area contributed by atoms with Crippen LogP contribution in [0.1, 0.15) is 17.4 Å². The van der Waals surface area contributed by atoms with E-state index in [-0.39, 0.29) is 18.8 Å². The van der Waals surface area contributed by atoms with E-state index in [1.807, 2.05) is 0 Å². The normalized spacial score (nSPS) is 30.7. The van der Waals surface area contributed by atoms with Crippen LogP contribution in [0.4, 0.5) is 0 Å². The summed E-state index contributed by atoms with van der Waals surface area (Å²) in [5, 5.41) is 36.8. The lowest BCUT2D eigenvalue weighted by Gasteiger charge is -2.39. The highest BCUT2D eigenvalue weighted by molar-refractivity contribution is 7.47.